The summed E-state index contributed by atoms with van der Waals surface area (Å²) in [7, 11) is 0. The molecule has 2 aromatic rings. The number of ether oxygens (including phenoxy) is 1. The normalized spacial score (nSPS) is 10.0. The number of carbonyl (C=O) groups is 2. The number of hydrogen-bond acceptors (Lipinski definition) is 7. The van der Waals surface area contributed by atoms with Crippen LogP contribution in [0.25, 0.3) is 0 Å². The zero-order chi connectivity index (χ0) is 16.3. The number of nitrogen functional groups attached to an aromatic ring is 2. The first kappa shape index (κ1) is 15.0. The molecule has 0 aliphatic carbocycles. The number of rotatable bonds is 3. The summed E-state index contributed by atoms with van der Waals surface area (Å²) in [5.74, 6) is -1.89. The van der Waals surface area contributed by atoms with Crippen LogP contribution in [0.2, 0.25) is 0 Å². The predicted molar refractivity (Wildman–Crippen MR) is 78.1 cm³/mol. The van der Waals surface area contributed by atoms with Gasteiger partial charge in [-0.25, -0.2) is 9.59 Å². The fraction of sp³-hybridized carbons (Fsp3) is 0. The lowest BCUT2D eigenvalue weighted by Gasteiger charge is -2.06. The second-order valence-corrected chi connectivity index (χ2v) is 4.33. The van der Waals surface area contributed by atoms with Crippen LogP contribution in [0.5, 0.6) is 0 Å². The Hall–Kier alpha value is -3.42. The smallest absolute Gasteiger partial charge is 0.348 e. The second-order valence-electron chi connectivity index (χ2n) is 4.33. The van der Waals surface area contributed by atoms with Crippen molar-refractivity contribution in [3.8, 4) is 0 Å². The van der Waals surface area contributed by atoms with Crippen molar-refractivity contribution in [1.29, 1.82) is 0 Å². The third-order valence-corrected chi connectivity index (χ3v) is 2.77. The minimum atomic E-state index is -1.00. The number of nitrogens with zero attached hydrogens (tertiary/aromatic N) is 1. The Morgan fingerprint density at radius 2 is 1.77 bits per heavy atom. The van der Waals surface area contributed by atoms with Crippen LogP contribution in [0.1, 0.15) is 20.7 Å². The summed E-state index contributed by atoms with van der Waals surface area (Å²) in [6.45, 7) is 0. The van der Waals surface area contributed by atoms with Gasteiger partial charge in [-0.15, -0.1) is 0 Å². The van der Waals surface area contributed by atoms with Gasteiger partial charge in [-0.05, 0) is 24.3 Å². The molecule has 0 bridgehead atoms. The largest absolute Gasteiger partial charge is 0.399 e. The fourth-order valence-electron chi connectivity index (χ4n) is 1.71. The monoisotopic (exact) mass is 301 g/mol. The molecule has 0 heterocycles. The van der Waals surface area contributed by atoms with E-state index < -0.39 is 16.9 Å². The van der Waals surface area contributed by atoms with Crippen molar-refractivity contribution in [2.24, 2.45) is 0 Å². The van der Waals surface area contributed by atoms with Crippen LogP contribution in [0.4, 0.5) is 17.1 Å². The van der Waals surface area contributed by atoms with Crippen LogP contribution in [0.15, 0.2) is 42.5 Å². The van der Waals surface area contributed by atoms with Gasteiger partial charge in [0.15, 0.2) is 0 Å². The molecule has 0 aromatic heterocycles. The highest BCUT2D eigenvalue weighted by Gasteiger charge is 2.19. The average Bonchev–Trinajstić information content (AvgIpc) is 2.46. The highest BCUT2D eigenvalue weighted by Crippen LogP contribution is 2.21. The first-order valence-corrected chi connectivity index (χ1v) is 6.04. The van der Waals surface area contributed by atoms with Crippen molar-refractivity contribution in [2.45, 2.75) is 0 Å². The number of nitro benzene ring substituents is 1. The molecular formula is C14H11N3O5. The molecule has 0 radical (unpaired) electrons. The molecule has 0 amide bonds. The molecule has 8 nitrogen and oxygen atoms in total. The summed E-state index contributed by atoms with van der Waals surface area (Å²) in [4.78, 5) is 33.7. The van der Waals surface area contributed by atoms with Gasteiger partial charge in [-0.2, -0.15) is 0 Å². The Balaban J connectivity index is 2.19. The van der Waals surface area contributed by atoms with Crippen LogP contribution >= 0.6 is 0 Å². The Morgan fingerprint density at radius 3 is 2.36 bits per heavy atom. The molecule has 4 N–H and O–H groups in total. The van der Waals surface area contributed by atoms with Crippen molar-refractivity contribution >= 4 is 29.0 Å². The molecule has 8 heteroatoms. The second kappa shape index (κ2) is 5.92. The van der Waals surface area contributed by atoms with Gasteiger partial charge in [-0.3, -0.25) is 10.1 Å². The SMILES string of the molecule is Nc1cccc(C(=O)OC(=O)c2ccc([N+](=O)[O-])cc2N)c1. The van der Waals surface area contributed by atoms with Crippen LogP contribution in [0, 0.1) is 10.1 Å². The Kier molecular flexibility index (Phi) is 4.03. The molecule has 112 valence electrons. The summed E-state index contributed by atoms with van der Waals surface area (Å²) in [5, 5.41) is 10.6. The molecule has 0 aliphatic heterocycles. The van der Waals surface area contributed by atoms with Crippen LogP contribution in [-0.4, -0.2) is 16.9 Å². The summed E-state index contributed by atoms with van der Waals surface area (Å²) >= 11 is 0. The zero-order valence-electron chi connectivity index (χ0n) is 11.2. The average molecular weight is 301 g/mol. The number of benzene rings is 2. The molecule has 0 aliphatic rings. The van der Waals surface area contributed by atoms with E-state index in [-0.39, 0.29) is 22.5 Å². The zero-order valence-corrected chi connectivity index (χ0v) is 11.2. The molecule has 0 fully saturated rings. The van der Waals surface area contributed by atoms with Gasteiger partial charge in [-0.1, -0.05) is 6.07 Å². The summed E-state index contributed by atoms with van der Waals surface area (Å²) in [5.41, 5.74) is 11.0. The van der Waals surface area contributed by atoms with Gasteiger partial charge in [0.2, 0.25) is 0 Å². The Bertz CT molecular complexity index is 773. The number of esters is 2. The number of anilines is 2. The van der Waals surface area contributed by atoms with Crippen molar-refractivity contribution in [3.63, 3.8) is 0 Å². The Morgan fingerprint density at radius 1 is 1.05 bits per heavy atom. The van der Waals surface area contributed by atoms with Gasteiger partial charge in [0.05, 0.1) is 21.7 Å². The predicted octanol–water partition coefficient (Wildman–Crippen LogP) is 1.76. The van der Waals surface area contributed by atoms with E-state index in [0.717, 1.165) is 18.2 Å². The van der Waals surface area contributed by atoms with E-state index in [1.54, 1.807) is 6.07 Å². The van der Waals surface area contributed by atoms with E-state index in [1.165, 1.54) is 18.2 Å². The highest BCUT2D eigenvalue weighted by atomic mass is 16.6. The third-order valence-electron chi connectivity index (χ3n) is 2.77. The van der Waals surface area contributed by atoms with Crippen molar-refractivity contribution in [1.82, 2.24) is 0 Å². The molecule has 2 aromatic carbocycles. The van der Waals surface area contributed by atoms with E-state index in [4.69, 9.17) is 11.5 Å². The van der Waals surface area contributed by atoms with E-state index in [1.807, 2.05) is 0 Å². The molecule has 0 spiro atoms. The molecule has 2 rings (SSSR count). The minimum Gasteiger partial charge on any atom is -0.399 e. The molecular weight excluding hydrogens is 290 g/mol. The lowest BCUT2D eigenvalue weighted by Crippen LogP contribution is -2.14. The van der Waals surface area contributed by atoms with Crippen LogP contribution in [-0.2, 0) is 4.74 Å². The van der Waals surface area contributed by atoms with E-state index in [2.05, 4.69) is 4.74 Å². The quantitative estimate of drug-likeness (QED) is 0.289. The highest BCUT2D eigenvalue weighted by molar-refractivity contribution is 6.05. The van der Waals surface area contributed by atoms with Gasteiger partial charge in [0.25, 0.3) is 5.69 Å². The lowest BCUT2D eigenvalue weighted by molar-refractivity contribution is -0.384. The maximum absolute atomic E-state index is 11.9. The van der Waals surface area contributed by atoms with Crippen molar-refractivity contribution in [2.75, 3.05) is 11.5 Å². The number of nitro groups is 1. The van der Waals surface area contributed by atoms with E-state index in [0.29, 0.717) is 5.69 Å². The summed E-state index contributed by atoms with van der Waals surface area (Å²) in [6, 6.07) is 9.14. The first-order chi connectivity index (χ1) is 10.4. The maximum atomic E-state index is 11.9. The standard InChI is InChI=1S/C14H11N3O5/c15-9-3-1-2-8(6-9)13(18)22-14(19)11-5-4-10(17(20)21)7-12(11)16/h1-7H,15-16H2. The molecule has 0 atom stereocenters. The summed E-state index contributed by atoms with van der Waals surface area (Å²) in [6.07, 6.45) is 0. The van der Waals surface area contributed by atoms with Crippen LogP contribution in [0.3, 0.4) is 0 Å². The summed E-state index contributed by atoms with van der Waals surface area (Å²) < 4.78 is 4.68. The number of carbonyl (C=O) groups excluding carboxylic acids is 2. The van der Waals surface area contributed by atoms with Crippen molar-refractivity contribution in [3.05, 3.63) is 63.7 Å². The minimum absolute atomic E-state index is 0.105. The molecule has 0 saturated carbocycles. The maximum Gasteiger partial charge on any atom is 0.348 e. The van der Waals surface area contributed by atoms with Gasteiger partial charge in [0.1, 0.15) is 0 Å². The number of non-ortho nitro benzene ring substituents is 1. The van der Waals surface area contributed by atoms with E-state index in [9.17, 15) is 19.7 Å². The number of nitrogens with two attached hydrogens (primary N) is 2. The van der Waals surface area contributed by atoms with Gasteiger partial charge in [0, 0.05) is 17.8 Å². The topological polar surface area (TPSA) is 139 Å². The molecule has 22 heavy (non-hydrogen) atoms. The van der Waals surface area contributed by atoms with E-state index >= 15 is 0 Å². The number of hydrogen-bond donors (Lipinski definition) is 2. The first-order valence-electron chi connectivity index (χ1n) is 6.04. The van der Waals surface area contributed by atoms with Gasteiger partial charge < -0.3 is 16.2 Å². The Labute approximate surface area is 124 Å². The molecule has 0 saturated heterocycles. The van der Waals surface area contributed by atoms with Crippen LogP contribution < -0.4 is 11.5 Å². The fourth-order valence-corrected chi connectivity index (χ4v) is 1.71. The third kappa shape index (κ3) is 3.18. The van der Waals surface area contributed by atoms with Gasteiger partial charge >= 0.3 is 11.9 Å². The lowest BCUT2D eigenvalue weighted by atomic mass is 10.1. The van der Waals surface area contributed by atoms with Crippen molar-refractivity contribution < 1.29 is 19.2 Å². The molecule has 0 unspecified atom stereocenters.